The highest BCUT2D eigenvalue weighted by atomic mass is 32.1. The summed E-state index contributed by atoms with van der Waals surface area (Å²) in [6.45, 7) is 2.02. The van der Waals surface area contributed by atoms with Gasteiger partial charge in [-0.3, -0.25) is 9.59 Å². The molecule has 0 spiro atoms. The Kier molecular flexibility index (Phi) is 4.71. The number of amides is 2. The molecule has 5 nitrogen and oxygen atoms in total. The van der Waals surface area contributed by atoms with Gasteiger partial charge in [-0.1, -0.05) is 36.4 Å². The van der Waals surface area contributed by atoms with Crippen molar-refractivity contribution in [1.82, 2.24) is 5.32 Å². The first-order chi connectivity index (χ1) is 15.1. The van der Waals surface area contributed by atoms with Crippen LogP contribution in [0.2, 0.25) is 0 Å². The first kappa shape index (κ1) is 19.3. The van der Waals surface area contributed by atoms with Crippen molar-refractivity contribution in [2.45, 2.75) is 13.0 Å². The Balaban J connectivity index is 1.57. The normalized spacial score (nSPS) is 14.9. The van der Waals surface area contributed by atoms with E-state index in [1.54, 1.807) is 19.2 Å². The number of thiophene rings is 1. The molecule has 31 heavy (non-hydrogen) atoms. The molecule has 5 rings (SSSR count). The third kappa shape index (κ3) is 3.16. The van der Waals surface area contributed by atoms with Crippen LogP contribution in [0.4, 0.5) is 5.69 Å². The largest absolute Gasteiger partial charge is 0.496 e. The highest BCUT2D eigenvalue weighted by Crippen LogP contribution is 2.39. The molecule has 1 aromatic heterocycles. The Hall–Kier alpha value is -3.64. The molecular formula is C25H20N2O3S. The van der Waals surface area contributed by atoms with E-state index < -0.39 is 0 Å². The highest BCUT2D eigenvalue weighted by Gasteiger charge is 2.33. The molecule has 1 unspecified atom stereocenters. The van der Waals surface area contributed by atoms with E-state index in [4.69, 9.17) is 4.74 Å². The van der Waals surface area contributed by atoms with Gasteiger partial charge in [-0.05, 0) is 42.3 Å². The van der Waals surface area contributed by atoms with Gasteiger partial charge in [0.25, 0.3) is 11.8 Å². The topological polar surface area (TPSA) is 67.4 Å². The zero-order valence-electron chi connectivity index (χ0n) is 17.1. The van der Waals surface area contributed by atoms with E-state index in [-0.39, 0.29) is 17.9 Å². The van der Waals surface area contributed by atoms with E-state index in [0.717, 1.165) is 26.8 Å². The van der Waals surface area contributed by atoms with Crippen LogP contribution in [0.3, 0.4) is 0 Å². The number of carbonyl (C=O) groups is 2. The van der Waals surface area contributed by atoms with Gasteiger partial charge in [0.2, 0.25) is 0 Å². The number of rotatable bonds is 4. The fourth-order valence-electron chi connectivity index (χ4n) is 4.19. The van der Waals surface area contributed by atoms with Crippen molar-refractivity contribution in [2.75, 3.05) is 12.4 Å². The molecule has 0 bridgehead atoms. The summed E-state index contributed by atoms with van der Waals surface area (Å²) in [4.78, 5) is 25.9. The number of anilines is 1. The van der Waals surface area contributed by atoms with E-state index in [0.29, 0.717) is 22.6 Å². The van der Waals surface area contributed by atoms with Gasteiger partial charge in [-0.25, -0.2) is 0 Å². The Morgan fingerprint density at radius 1 is 1.06 bits per heavy atom. The standard InChI is InChI=1S/C25H20N2O3S/c1-14-7-3-4-8-15(14)23-21-16(24(28)27-23)9-5-10-18(21)26-25(29)17-13-31-20-12-6-11-19(30-2)22(17)20/h3-13,23H,1-2H3,(H,26,29)(H,27,28). The van der Waals surface area contributed by atoms with Gasteiger partial charge in [0.15, 0.2) is 0 Å². The van der Waals surface area contributed by atoms with E-state index in [2.05, 4.69) is 10.6 Å². The molecule has 154 valence electrons. The Bertz CT molecular complexity index is 1340. The third-order valence-corrected chi connectivity index (χ3v) is 6.64. The average molecular weight is 429 g/mol. The smallest absolute Gasteiger partial charge is 0.257 e. The molecule has 0 aliphatic carbocycles. The molecule has 4 aromatic rings. The third-order valence-electron chi connectivity index (χ3n) is 5.69. The molecule has 1 atom stereocenters. The quantitative estimate of drug-likeness (QED) is 0.463. The predicted molar refractivity (Wildman–Crippen MR) is 123 cm³/mol. The lowest BCUT2D eigenvalue weighted by Crippen LogP contribution is -2.21. The van der Waals surface area contributed by atoms with Crippen LogP contribution in [0.1, 0.15) is 43.4 Å². The number of nitrogens with one attached hydrogen (secondary N) is 2. The maximum absolute atomic E-state index is 13.3. The molecule has 0 saturated carbocycles. The van der Waals surface area contributed by atoms with Crippen molar-refractivity contribution in [3.05, 3.63) is 93.9 Å². The molecule has 1 aliphatic heterocycles. The average Bonchev–Trinajstić information content (AvgIpc) is 3.36. The minimum Gasteiger partial charge on any atom is -0.496 e. The number of fused-ring (bicyclic) bond motifs is 2. The van der Waals surface area contributed by atoms with Crippen LogP contribution in [0.15, 0.2) is 66.0 Å². The van der Waals surface area contributed by atoms with Crippen LogP contribution in [-0.4, -0.2) is 18.9 Å². The molecule has 3 aromatic carbocycles. The maximum Gasteiger partial charge on any atom is 0.257 e. The number of aryl methyl sites for hydroxylation is 1. The number of hydrogen-bond acceptors (Lipinski definition) is 4. The molecule has 0 radical (unpaired) electrons. The second kappa shape index (κ2) is 7.56. The van der Waals surface area contributed by atoms with E-state index >= 15 is 0 Å². The van der Waals surface area contributed by atoms with Gasteiger partial charge < -0.3 is 15.4 Å². The van der Waals surface area contributed by atoms with E-state index in [1.807, 2.05) is 60.8 Å². The number of carbonyl (C=O) groups excluding carboxylic acids is 2. The van der Waals surface area contributed by atoms with Crippen molar-refractivity contribution in [1.29, 1.82) is 0 Å². The molecule has 0 saturated heterocycles. The van der Waals surface area contributed by atoms with Crippen LogP contribution in [0.5, 0.6) is 5.75 Å². The summed E-state index contributed by atoms with van der Waals surface area (Å²) in [5, 5.41) is 8.75. The summed E-state index contributed by atoms with van der Waals surface area (Å²) < 4.78 is 6.46. The summed E-state index contributed by atoms with van der Waals surface area (Å²) in [5.74, 6) is 0.297. The summed E-state index contributed by atoms with van der Waals surface area (Å²) >= 11 is 1.50. The Morgan fingerprint density at radius 2 is 1.87 bits per heavy atom. The van der Waals surface area contributed by atoms with Crippen molar-refractivity contribution >= 4 is 38.9 Å². The lowest BCUT2D eigenvalue weighted by atomic mass is 9.93. The lowest BCUT2D eigenvalue weighted by Gasteiger charge is -2.18. The minimum atomic E-state index is -0.311. The first-order valence-corrected chi connectivity index (χ1v) is 10.8. The number of ether oxygens (including phenoxy) is 1. The fraction of sp³-hybridized carbons (Fsp3) is 0.120. The summed E-state index contributed by atoms with van der Waals surface area (Å²) in [7, 11) is 1.60. The minimum absolute atomic E-state index is 0.137. The molecule has 2 heterocycles. The molecule has 6 heteroatoms. The zero-order chi connectivity index (χ0) is 21.5. The van der Waals surface area contributed by atoms with Gasteiger partial charge in [0, 0.05) is 32.3 Å². The summed E-state index contributed by atoms with van der Waals surface area (Å²) in [6, 6.07) is 18.8. The molecular weight excluding hydrogens is 408 g/mol. The lowest BCUT2D eigenvalue weighted by molar-refractivity contribution is 0.0959. The van der Waals surface area contributed by atoms with Gasteiger partial charge in [-0.15, -0.1) is 11.3 Å². The SMILES string of the molecule is COc1cccc2scc(C(=O)Nc3cccc4c3C(c3ccccc3C)NC4=O)c12. The Morgan fingerprint density at radius 3 is 2.68 bits per heavy atom. The maximum atomic E-state index is 13.3. The van der Waals surface area contributed by atoms with Crippen molar-refractivity contribution in [3.63, 3.8) is 0 Å². The van der Waals surface area contributed by atoms with Gasteiger partial charge in [0.1, 0.15) is 5.75 Å². The molecule has 2 N–H and O–H groups in total. The molecule has 1 aliphatic rings. The van der Waals surface area contributed by atoms with Crippen LogP contribution in [0, 0.1) is 6.92 Å². The zero-order valence-corrected chi connectivity index (χ0v) is 17.9. The highest BCUT2D eigenvalue weighted by molar-refractivity contribution is 7.17. The van der Waals surface area contributed by atoms with Crippen LogP contribution in [-0.2, 0) is 0 Å². The summed E-state index contributed by atoms with van der Waals surface area (Å²) in [5.41, 5.74) is 4.65. The van der Waals surface area contributed by atoms with Gasteiger partial charge in [0.05, 0.1) is 18.7 Å². The van der Waals surface area contributed by atoms with Crippen LogP contribution in [0.25, 0.3) is 10.1 Å². The second-order valence-electron chi connectivity index (χ2n) is 7.47. The van der Waals surface area contributed by atoms with Crippen molar-refractivity contribution < 1.29 is 14.3 Å². The molecule has 2 amide bonds. The van der Waals surface area contributed by atoms with E-state index in [1.165, 1.54) is 11.3 Å². The number of benzene rings is 3. The van der Waals surface area contributed by atoms with Crippen molar-refractivity contribution in [3.8, 4) is 5.75 Å². The molecule has 0 fully saturated rings. The fourth-order valence-corrected chi connectivity index (χ4v) is 5.15. The van der Waals surface area contributed by atoms with Crippen molar-refractivity contribution in [2.24, 2.45) is 0 Å². The summed E-state index contributed by atoms with van der Waals surface area (Å²) in [6.07, 6.45) is 0. The van der Waals surface area contributed by atoms with Gasteiger partial charge >= 0.3 is 0 Å². The predicted octanol–water partition coefficient (Wildman–Crippen LogP) is 5.30. The second-order valence-corrected chi connectivity index (χ2v) is 8.38. The number of hydrogen-bond donors (Lipinski definition) is 2. The Labute approximate surface area is 183 Å². The van der Waals surface area contributed by atoms with E-state index in [9.17, 15) is 9.59 Å². The monoisotopic (exact) mass is 428 g/mol. The number of methoxy groups -OCH3 is 1. The first-order valence-electron chi connectivity index (χ1n) is 9.93. The van der Waals surface area contributed by atoms with Crippen LogP contribution < -0.4 is 15.4 Å². The van der Waals surface area contributed by atoms with Gasteiger partial charge in [-0.2, -0.15) is 0 Å². The van der Waals surface area contributed by atoms with Crippen LogP contribution >= 0.6 is 11.3 Å².